The lowest BCUT2D eigenvalue weighted by Crippen LogP contribution is -2.14. The highest BCUT2D eigenvalue weighted by Crippen LogP contribution is 2.19. The largest absolute Gasteiger partial charge is 0.307 e. The molecule has 0 spiro atoms. The Morgan fingerprint density at radius 2 is 2.21 bits per heavy atom. The van der Waals surface area contributed by atoms with Gasteiger partial charge in [0.25, 0.3) is 5.91 Å². The number of aromatic nitrogens is 2. The van der Waals surface area contributed by atoms with Gasteiger partial charge >= 0.3 is 0 Å². The second-order valence-corrected chi connectivity index (χ2v) is 5.55. The van der Waals surface area contributed by atoms with Crippen LogP contribution in [-0.2, 0) is 7.05 Å². The molecule has 0 saturated heterocycles. The van der Waals surface area contributed by atoms with Crippen molar-refractivity contribution < 1.29 is 4.79 Å². The number of thioether (sulfide) groups is 1. The normalized spacial score (nSPS) is 10.5. The molecular formula is C14H17N3OS. The van der Waals surface area contributed by atoms with Crippen molar-refractivity contribution in [3.05, 3.63) is 41.6 Å². The van der Waals surface area contributed by atoms with Crippen LogP contribution in [-0.4, -0.2) is 21.4 Å². The van der Waals surface area contributed by atoms with Gasteiger partial charge < -0.3 is 5.32 Å². The molecule has 1 heterocycles. The Kier molecular flexibility index (Phi) is 4.27. The Morgan fingerprint density at radius 1 is 1.42 bits per heavy atom. The van der Waals surface area contributed by atoms with Gasteiger partial charge in [0, 0.05) is 23.6 Å². The molecule has 0 fully saturated rings. The van der Waals surface area contributed by atoms with E-state index in [9.17, 15) is 4.79 Å². The Hall–Kier alpha value is -1.75. The fraction of sp³-hybridized carbons (Fsp3) is 0.286. The molecular weight excluding hydrogens is 258 g/mol. The van der Waals surface area contributed by atoms with E-state index in [0.29, 0.717) is 11.4 Å². The van der Waals surface area contributed by atoms with E-state index in [-0.39, 0.29) is 5.91 Å². The molecule has 0 aliphatic carbocycles. The first-order chi connectivity index (χ1) is 9.10. The van der Waals surface area contributed by atoms with Crippen LogP contribution in [0.25, 0.3) is 0 Å². The molecule has 0 aliphatic rings. The smallest absolute Gasteiger partial charge is 0.256 e. The van der Waals surface area contributed by atoms with Crippen molar-refractivity contribution in [2.75, 3.05) is 11.1 Å². The van der Waals surface area contributed by atoms with E-state index in [0.717, 1.165) is 16.3 Å². The zero-order valence-electron chi connectivity index (χ0n) is 11.3. The molecule has 0 saturated carbocycles. The fourth-order valence-electron chi connectivity index (χ4n) is 1.81. The van der Waals surface area contributed by atoms with E-state index < -0.39 is 0 Å². The summed E-state index contributed by atoms with van der Waals surface area (Å²) >= 11 is 1.72. The molecule has 1 N–H and O–H groups in total. The third kappa shape index (κ3) is 3.38. The lowest BCUT2D eigenvalue weighted by atomic mass is 10.2. The van der Waals surface area contributed by atoms with Crippen LogP contribution in [0, 0.1) is 6.92 Å². The number of aryl methyl sites for hydroxylation is 2. The minimum Gasteiger partial charge on any atom is -0.307 e. The standard InChI is InChI=1S/C14H17N3OS/c1-4-19-12-7-5-6-11(9-12)14(18)15-13-8-10(2)16-17(13)3/h5-9H,4H2,1-3H3,(H,15,18). The zero-order valence-corrected chi connectivity index (χ0v) is 12.1. The molecule has 1 aromatic heterocycles. The van der Waals surface area contributed by atoms with Crippen LogP contribution in [0.1, 0.15) is 23.0 Å². The Bertz CT molecular complexity index is 592. The van der Waals surface area contributed by atoms with E-state index in [1.165, 1.54) is 0 Å². The second kappa shape index (κ2) is 5.93. The van der Waals surface area contributed by atoms with Crippen LogP contribution in [0.15, 0.2) is 35.2 Å². The van der Waals surface area contributed by atoms with Crippen LogP contribution in [0.4, 0.5) is 5.82 Å². The molecule has 0 bridgehead atoms. The Morgan fingerprint density at radius 3 is 2.84 bits per heavy atom. The molecule has 5 heteroatoms. The lowest BCUT2D eigenvalue weighted by molar-refractivity contribution is 0.102. The number of amides is 1. The summed E-state index contributed by atoms with van der Waals surface area (Å²) in [6.45, 7) is 3.99. The highest BCUT2D eigenvalue weighted by Gasteiger charge is 2.09. The molecule has 0 aliphatic heterocycles. The number of hydrogen-bond donors (Lipinski definition) is 1. The lowest BCUT2D eigenvalue weighted by Gasteiger charge is -2.06. The number of hydrogen-bond acceptors (Lipinski definition) is 3. The summed E-state index contributed by atoms with van der Waals surface area (Å²) in [6.07, 6.45) is 0. The van der Waals surface area contributed by atoms with Crippen molar-refractivity contribution in [3.8, 4) is 0 Å². The summed E-state index contributed by atoms with van der Waals surface area (Å²) in [5, 5.41) is 7.07. The number of rotatable bonds is 4. The highest BCUT2D eigenvalue weighted by molar-refractivity contribution is 7.99. The minimum absolute atomic E-state index is 0.110. The molecule has 100 valence electrons. The maximum absolute atomic E-state index is 12.2. The summed E-state index contributed by atoms with van der Waals surface area (Å²) in [5.74, 6) is 1.59. The Labute approximate surface area is 117 Å². The molecule has 1 aromatic carbocycles. The van der Waals surface area contributed by atoms with Crippen LogP contribution in [0.5, 0.6) is 0 Å². The molecule has 0 atom stereocenters. The Balaban J connectivity index is 2.15. The van der Waals surface area contributed by atoms with Crippen molar-refractivity contribution in [2.45, 2.75) is 18.7 Å². The fourth-order valence-corrected chi connectivity index (χ4v) is 2.53. The number of carbonyl (C=O) groups excluding carboxylic acids is 1. The van der Waals surface area contributed by atoms with E-state index in [4.69, 9.17) is 0 Å². The molecule has 2 aromatic rings. The molecule has 19 heavy (non-hydrogen) atoms. The number of benzene rings is 1. The minimum atomic E-state index is -0.110. The van der Waals surface area contributed by atoms with Crippen LogP contribution < -0.4 is 5.32 Å². The van der Waals surface area contributed by atoms with Gasteiger partial charge in [-0.1, -0.05) is 13.0 Å². The van der Waals surface area contributed by atoms with Crippen molar-refractivity contribution in [2.24, 2.45) is 7.05 Å². The summed E-state index contributed by atoms with van der Waals surface area (Å²) in [4.78, 5) is 13.3. The van der Waals surface area contributed by atoms with Gasteiger partial charge in [0.15, 0.2) is 0 Å². The first-order valence-electron chi connectivity index (χ1n) is 6.15. The topological polar surface area (TPSA) is 46.9 Å². The molecule has 0 radical (unpaired) electrons. The second-order valence-electron chi connectivity index (χ2n) is 4.21. The summed E-state index contributed by atoms with van der Waals surface area (Å²) < 4.78 is 1.66. The van der Waals surface area contributed by atoms with Crippen molar-refractivity contribution >= 4 is 23.5 Å². The third-order valence-electron chi connectivity index (χ3n) is 2.65. The number of anilines is 1. The highest BCUT2D eigenvalue weighted by atomic mass is 32.2. The molecule has 1 amide bonds. The first-order valence-corrected chi connectivity index (χ1v) is 7.13. The van der Waals surface area contributed by atoms with Gasteiger partial charge in [0.1, 0.15) is 5.82 Å². The monoisotopic (exact) mass is 275 g/mol. The summed E-state index contributed by atoms with van der Waals surface area (Å²) in [5.41, 5.74) is 1.55. The third-order valence-corrected chi connectivity index (χ3v) is 3.53. The average Bonchev–Trinajstić information content (AvgIpc) is 2.68. The van der Waals surface area contributed by atoms with E-state index in [2.05, 4.69) is 17.3 Å². The SMILES string of the molecule is CCSc1cccc(C(=O)Nc2cc(C)nn2C)c1. The van der Waals surface area contributed by atoms with Gasteiger partial charge in [-0.15, -0.1) is 11.8 Å². The summed E-state index contributed by atoms with van der Waals surface area (Å²) in [7, 11) is 1.81. The van der Waals surface area contributed by atoms with Gasteiger partial charge in [-0.25, -0.2) is 0 Å². The van der Waals surface area contributed by atoms with E-state index in [1.54, 1.807) is 16.4 Å². The molecule has 0 unspecified atom stereocenters. The van der Waals surface area contributed by atoms with Gasteiger partial charge in [0.05, 0.1) is 5.69 Å². The van der Waals surface area contributed by atoms with Gasteiger partial charge in [-0.05, 0) is 30.9 Å². The quantitative estimate of drug-likeness (QED) is 0.872. The predicted molar refractivity (Wildman–Crippen MR) is 78.7 cm³/mol. The number of nitrogens with zero attached hydrogens (tertiary/aromatic N) is 2. The van der Waals surface area contributed by atoms with Crippen molar-refractivity contribution in [3.63, 3.8) is 0 Å². The maximum Gasteiger partial charge on any atom is 0.256 e. The van der Waals surface area contributed by atoms with Crippen molar-refractivity contribution in [1.82, 2.24) is 9.78 Å². The number of nitrogens with one attached hydrogen (secondary N) is 1. The van der Waals surface area contributed by atoms with Crippen LogP contribution in [0.2, 0.25) is 0 Å². The predicted octanol–water partition coefficient (Wildman–Crippen LogP) is 3.09. The van der Waals surface area contributed by atoms with Gasteiger partial charge in [-0.2, -0.15) is 5.10 Å². The zero-order chi connectivity index (χ0) is 13.8. The maximum atomic E-state index is 12.2. The first kappa shape index (κ1) is 13.7. The van der Waals surface area contributed by atoms with Crippen LogP contribution in [0.3, 0.4) is 0 Å². The summed E-state index contributed by atoms with van der Waals surface area (Å²) in [6, 6.07) is 9.49. The molecule has 2 rings (SSSR count). The van der Waals surface area contributed by atoms with Crippen molar-refractivity contribution in [1.29, 1.82) is 0 Å². The van der Waals surface area contributed by atoms with Gasteiger partial charge in [0.2, 0.25) is 0 Å². The number of carbonyl (C=O) groups is 1. The van der Waals surface area contributed by atoms with E-state index in [1.807, 2.05) is 44.3 Å². The average molecular weight is 275 g/mol. The van der Waals surface area contributed by atoms with Gasteiger partial charge in [-0.3, -0.25) is 9.48 Å². The molecule has 4 nitrogen and oxygen atoms in total. The van der Waals surface area contributed by atoms with Crippen LogP contribution >= 0.6 is 11.8 Å². The van der Waals surface area contributed by atoms with E-state index >= 15 is 0 Å².